The highest BCUT2D eigenvalue weighted by molar-refractivity contribution is 5.97. The number of benzene rings is 3. The van der Waals surface area contributed by atoms with Crippen molar-refractivity contribution in [3.63, 3.8) is 0 Å². The lowest BCUT2D eigenvalue weighted by atomic mass is 9.92. The number of nitrogens with one attached hydrogen (secondary N) is 1. The fraction of sp³-hybridized carbons (Fsp3) is 0.185. The number of hydrogen-bond acceptors (Lipinski definition) is 5. The fourth-order valence-corrected chi connectivity index (χ4v) is 4.81. The lowest BCUT2D eigenvalue weighted by Gasteiger charge is -2.19. The molecule has 0 bridgehead atoms. The van der Waals surface area contributed by atoms with Crippen molar-refractivity contribution in [2.45, 2.75) is 19.9 Å². The van der Waals surface area contributed by atoms with Crippen LogP contribution in [-0.4, -0.2) is 20.0 Å². The van der Waals surface area contributed by atoms with Gasteiger partial charge >= 0.3 is 6.09 Å². The van der Waals surface area contributed by atoms with E-state index in [1.807, 2.05) is 36.5 Å². The second-order valence-corrected chi connectivity index (χ2v) is 8.35. The molecule has 34 heavy (non-hydrogen) atoms. The van der Waals surface area contributed by atoms with Crippen LogP contribution in [0, 0.1) is 6.92 Å². The first-order valence-electron chi connectivity index (χ1n) is 11.1. The first kappa shape index (κ1) is 20.4. The number of aryl methyl sites for hydroxylation is 3. The Balaban J connectivity index is 1.46. The third-order valence-electron chi connectivity index (χ3n) is 6.40. The Morgan fingerprint density at radius 3 is 2.62 bits per heavy atom. The highest BCUT2D eigenvalue weighted by Crippen LogP contribution is 2.43. The molecule has 0 aliphatic carbocycles. The van der Waals surface area contributed by atoms with Crippen LogP contribution < -0.4 is 28.8 Å². The van der Waals surface area contributed by atoms with Crippen molar-refractivity contribution in [3.05, 3.63) is 71.9 Å². The minimum atomic E-state index is -0.574. The Morgan fingerprint density at radius 2 is 1.82 bits per heavy atom. The first-order chi connectivity index (χ1) is 16.6. The van der Waals surface area contributed by atoms with Crippen molar-refractivity contribution in [2.24, 2.45) is 0 Å². The third kappa shape index (κ3) is 3.28. The minimum Gasteiger partial charge on any atom is -0.493 e. The lowest BCUT2D eigenvalue weighted by Crippen LogP contribution is -2.41. The summed E-state index contributed by atoms with van der Waals surface area (Å²) < 4.78 is 24.8. The van der Waals surface area contributed by atoms with Crippen molar-refractivity contribution >= 4 is 22.6 Å². The van der Waals surface area contributed by atoms with Crippen LogP contribution in [0.2, 0.25) is 0 Å². The summed E-state index contributed by atoms with van der Waals surface area (Å²) in [7, 11) is 1.57. The smallest absolute Gasteiger partial charge is 0.417 e. The average Bonchev–Trinajstić information content (AvgIpc) is 3.31. The van der Waals surface area contributed by atoms with Gasteiger partial charge in [0, 0.05) is 23.1 Å². The van der Waals surface area contributed by atoms with E-state index < -0.39 is 6.09 Å². The molecule has 0 fully saturated rings. The Labute approximate surface area is 196 Å². The van der Waals surface area contributed by atoms with Gasteiger partial charge in [0.2, 0.25) is 12.5 Å². The number of carbonyl (C=O) groups excluding carboxylic acids is 1. The van der Waals surface area contributed by atoms with Gasteiger partial charge in [-0.15, -0.1) is 0 Å². The zero-order valence-electron chi connectivity index (χ0n) is 18.9. The molecule has 4 aromatic rings. The van der Waals surface area contributed by atoms with Gasteiger partial charge in [-0.05, 0) is 48.9 Å². The number of anilines is 1. The van der Waals surface area contributed by atoms with Gasteiger partial charge in [0.15, 0.2) is 35.7 Å². The summed E-state index contributed by atoms with van der Waals surface area (Å²) in [6, 6.07) is 17.2. The Bertz CT molecular complexity index is 1450. The number of hydrogen-bond donors (Lipinski definition) is 1. The normalized spacial score (nSPS) is 13.2. The maximum Gasteiger partial charge on any atom is 0.417 e. The number of methoxy groups -OCH3 is 1. The fourth-order valence-electron chi connectivity index (χ4n) is 4.81. The molecule has 7 nitrogen and oxygen atoms in total. The predicted molar refractivity (Wildman–Crippen MR) is 127 cm³/mol. The van der Waals surface area contributed by atoms with E-state index in [1.165, 1.54) is 5.56 Å². The van der Waals surface area contributed by atoms with E-state index in [-0.39, 0.29) is 6.79 Å². The molecule has 0 saturated carbocycles. The van der Waals surface area contributed by atoms with Crippen molar-refractivity contribution in [2.75, 3.05) is 19.2 Å². The SMILES string of the molecule is COc1ccc2c(C)c3[n+](cc2c1OC(=O)Nc1ccccc1)CCc1cc2c(cc1-3)OCO2. The Hall–Kier alpha value is -4.26. The zero-order valence-corrected chi connectivity index (χ0v) is 18.9. The molecule has 6 rings (SSSR count). The standard InChI is InChI=1S/C27H22N2O5/c1-16-19-8-9-22(31-2)26(34-27(30)28-18-6-4-3-5-7-18)21(19)14-29-11-10-17-12-23-24(33-15-32-23)13-20(17)25(16)29/h3-9,12-14H,10-11,15H2,1-2H3/p+1. The van der Waals surface area contributed by atoms with Gasteiger partial charge in [0.05, 0.1) is 18.1 Å². The van der Waals surface area contributed by atoms with Crippen LogP contribution in [0.5, 0.6) is 23.0 Å². The maximum absolute atomic E-state index is 12.7. The molecule has 1 N–H and O–H groups in total. The number of carbonyl (C=O) groups is 1. The van der Waals surface area contributed by atoms with Crippen LogP contribution in [0.1, 0.15) is 11.1 Å². The van der Waals surface area contributed by atoms with Gasteiger partial charge in [-0.3, -0.25) is 5.32 Å². The van der Waals surface area contributed by atoms with Crippen molar-refractivity contribution in [1.82, 2.24) is 0 Å². The maximum atomic E-state index is 12.7. The van der Waals surface area contributed by atoms with Gasteiger partial charge in [0.1, 0.15) is 0 Å². The number of rotatable bonds is 3. The molecule has 1 amide bonds. The molecular weight excluding hydrogens is 432 g/mol. The highest BCUT2D eigenvalue weighted by Gasteiger charge is 2.31. The highest BCUT2D eigenvalue weighted by atomic mass is 16.7. The number of pyridine rings is 1. The number of para-hydroxylation sites is 1. The van der Waals surface area contributed by atoms with E-state index in [9.17, 15) is 4.79 Å². The molecule has 3 heterocycles. The van der Waals surface area contributed by atoms with Crippen LogP contribution in [-0.2, 0) is 13.0 Å². The predicted octanol–water partition coefficient (Wildman–Crippen LogP) is 5.01. The Kier molecular flexibility index (Phi) is 4.76. The van der Waals surface area contributed by atoms with E-state index in [1.54, 1.807) is 19.2 Å². The number of fused-ring (bicyclic) bond motifs is 5. The summed E-state index contributed by atoms with van der Waals surface area (Å²) in [5, 5.41) is 4.57. The van der Waals surface area contributed by atoms with E-state index in [0.29, 0.717) is 17.2 Å². The quantitative estimate of drug-likeness (QED) is 0.440. The summed E-state index contributed by atoms with van der Waals surface area (Å²) in [6.45, 7) is 3.14. The monoisotopic (exact) mass is 455 g/mol. The van der Waals surface area contributed by atoms with E-state index in [2.05, 4.69) is 28.9 Å². The van der Waals surface area contributed by atoms with Gasteiger partial charge in [-0.25, -0.2) is 4.79 Å². The van der Waals surface area contributed by atoms with Crippen molar-refractivity contribution in [3.8, 4) is 34.3 Å². The summed E-state index contributed by atoms with van der Waals surface area (Å²) in [5.41, 5.74) is 5.24. The van der Waals surface area contributed by atoms with Gasteiger partial charge in [-0.2, -0.15) is 4.57 Å². The molecule has 0 unspecified atom stereocenters. The molecule has 0 radical (unpaired) electrons. The van der Waals surface area contributed by atoms with Gasteiger partial charge < -0.3 is 18.9 Å². The van der Waals surface area contributed by atoms with E-state index in [0.717, 1.165) is 52.1 Å². The van der Waals surface area contributed by atoms with Crippen LogP contribution in [0.15, 0.2) is 60.8 Å². The van der Waals surface area contributed by atoms with E-state index in [4.69, 9.17) is 18.9 Å². The molecule has 2 aliphatic rings. The summed E-state index contributed by atoms with van der Waals surface area (Å²) in [6.07, 6.45) is 2.33. The molecule has 2 aliphatic heterocycles. The summed E-state index contributed by atoms with van der Waals surface area (Å²) in [4.78, 5) is 12.7. The van der Waals surface area contributed by atoms with Crippen LogP contribution in [0.25, 0.3) is 22.0 Å². The second-order valence-electron chi connectivity index (χ2n) is 8.35. The van der Waals surface area contributed by atoms with Crippen molar-refractivity contribution in [1.29, 1.82) is 0 Å². The molecular formula is C27H23N2O5+. The van der Waals surface area contributed by atoms with E-state index >= 15 is 0 Å². The largest absolute Gasteiger partial charge is 0.493 e. The Morgan fingerprint density at radius 1 is 1.03 bits per heavy atom. The van der Waals surface area contributed by atoms with Gasteiger partial charge in [-0.1, -0.05) is 18.2 Å². The number of amides is 1. The summed E-state index contributed by atoms with van der Waals surface area (Å²) >= 11 is 0. The van der Waals surface area contributed by atoms with Gasteiger partial charge in [0.25, 0.3) is 0 Å². The molecule has 7 heteroatoms. The zero-order chi connectivity index (χ0) is 23.2. The molecule has 0 spiro atoms. The number of nitrogens with zero attached hydrogens (tertiary/aromatic N) is 1. The minimum absolute atomic E-state index is 0.250. The van der Waals surface area contributed by atoms with Crippen molar-refractivity contribution < 1.29 is 28.3 Å². The number of aromatic nitrogens is 1. The molecule has 0 atom stereocenters. The molecule has 170 valence electrons. The lowest BCUT2D eigenvalue weighted by molar-refractivity contribution is -0.686. The second kappa shape index (κ2) is 7.95. The average molecular weight is 455 g/mol. The van der Waals surface area contributed by atoms with Crippen LogP contribution >= 0.6 is 0 Å². The summed E-state index contributed by atoms with van der Waals surface area (Å²) in [5.74, 6) is 2.46. The first-order valence-corrected chi connectivity index (χ1v) is 11.1. The topological polar surface area (TPSA) is 69.9 Å². The van der Waals surface area contributed by atoms with Crippen LogP contribution in [0.4, 0.5) is 10.5 Å². The molecule has 1 aromatic heterocycles. The number of ether oxygens (including phenoxy) is 4. The molecule has 0 saturated heterocycles. The molecule has 3 aromatic carbocycles. The third-order valence-corrected chi connectivity index (χ3v) is 6.40. The van der Waals surface area contributed by atoms with Crippen LogP contribution in [0.3, 0.4) is 0 Å².